The van der Waals surface area contributed by atoms with E-state index in [-0.39, 0.29) is 0 Å². The van der Waals surface area contributed by atoms with E-state index in [0.29, 0.717) is 0 Å². The van der Waals surface area contributed by atoms with Gasteiger partial charge in [0.2, 0.25) is 0 Å². The Morgan fingerprint density at radius 1 is 1.40 bits per heavy atom. The third-order valence-electron chi connectivity index (χ3n) is 1.89. The van der Waals surface area contributed by atoms with Crippen molar-refractivity contribution < 1.29 is 0 Å². The van der Waals surface area contributed by atoms with Crippen molar-refractivity contribution in [3.8, 4) is 0 Å². The Morgan fingerprint density at radius 2 is 2.33 bits per heavy atom. The van der Waals surface area contributed by atoms with Crippen LogP contribution in [-0.4, -0.2) is 16.1 Å². The second kappa shape index (κ2) is 5.55. The van der Waals surface area contributed by atoms with Gasteiger partial charge >= 0.3 is 0 Å². The summed E-state index contributed by atoms with van der Waals surface area (Å²) in [5.41, 5.74) is 1.00. The normalized spacial score (nSPS) is 10.7. The van der Waals surface area contributed by atoms with E-state index in [1.807, 2.05) is 11.4 Å². The summed E-state index contributed by atoms with van der Waals surface area (Å²) < 4.78 is 4.65. The maximum Gasteiger partial charge on any atom is 0.0931 e. The van der Waals surface area contributed by atoms with Gasteiger partial charge in [0.15, 0.2) is 0 Å². The molecule has 0 amide bonds. The highest BCUT2D eigenvalue weighted by atomic mass is 35.5. The number of nitrogens with one attached hydrogen (secondary N) is 1. The molecule has 0 radical (unpaired) electrons. The number of hydrogen-bond acceptors (Lipinski definition) is 5. The Balaban J connectivity index is 1.67. The van der Waals surface area contributed by atoms with Crippen LogP contribution in [0.3, 0.4) is 0 Å². The summed E-state index contributed by atoms with van der Waals surface area (Å²) >= 11 is 8.85. The molecule has 0 spiro atoms. The summed E-state index contributed by atoms with van der Waals surface area (Å²) in [6.45, 7) is 1.73. The molecular formula is C9H10ClN3S2. The van der Waals surface area contributed by atoms with Gasteiger partial charge in [-0.05, 0) is 30.1 Å². The molecule has 2 aromatic rings. The Morgan fingerprint density at radius 3 is 3.00 bits per heavy atom. The first-order valence-corrected chi connectivity index (χ1v) is 6.58. The molecule has 2 heterocycles. The van der Waals surface area contributed by atoms with E-state index in [9.17, 15) is 0 Å². The van der Waals surface area contributed by atoms with E-state index in [2.05, 4.69) is 21.0 Å². The molecular weight excluding hydrogens is 250 g/mol. The minimum atomic E-state index is 0.787. The molecule has 0 aliphatic carbocycles. The van der Waals surface area contributed by atoms with Gasteiger partial charge in [0.05, 0.1) is 10.0 Å². The van der Waals surface area contributed by atoms with Crippen LogP contribution in [0, 0.1) is 0 Å². The molecule has 0 saturated heterocycles. The molecule has 0 aliphatic heterocycles. The Kier molecular flexibility index (Phi) is 4.08. The molecule has 3 nitrogen and oxygen atoms in total. The largest absolute Gasteiger partial charge is 0.311 e. The lowest BCUT2D eigenvalue weighted by atomic mass is 10.3. The average molecular weight is 260 g/mol. The fourth-order valence-corrected chi connectivity index (χ4v) is 2.71. The summed E-state index contributed by atoms with van der Waals surface area (Å²) in [5.74, 6) is 0. The van der Waals surface area contributed by atoms with Gasteiger partial charge in [0.1, 0.15) is 0 Å². The molecule has 0 atom stereocenters. The third-order valence-corrected chi connectivity index (χ3v) is 3.73. The lowest BCUT2D eigenvalue weighted by Gasteiger charge is -1.99. The number of nitrogens with zero attached hydrogens (tertiary/aromatic N) is 2. The second-order valence-electron chi connectivity index (χ2n) is 3.03. The maximum atomic E-state index is 5.84. The van der Waals surface area contributed by atoms with Gasteiger partial charge < -0.3 is 5.32 Å². The molecule has 0 bridgehead atoms. The van der Waals surface area contributed by atoms with Gasteiger partial charge in [0, 0.05) is 23.3 Å². The van der Waals surface area contributed by atoms with Gasteiger partial charge in [-0.25, -0.2) is 0 Å². The van der Waals surface area contributed by atoms with Crippen LogP contribution >= 0.6 is 34.5 Å². The summed E-state index contributed by atoms with van der Waals surface area (Å²) in [4.78, 5) is 1.31. The smallest absolute Gasteiger partial charge is 0.0931 e. The second-order valence-corrected chi connectivity index (χ2v) is 5.44. The monoisotopic (exact) mass is 259 g/mol. The molecule has 6 heteroatoms. The zero-order valence-corrected chi connectivity index (χ0v) is 10.3. The number of rotatable bonds is 5. The molecule has 0 aliphatic rings. The van der Waals surface area contributed by atoms with E-state index in [4.69, 9.17) is 11.6 Å². The van der Waals surface area contributed by atoms with Crippen LogP contribution in [-0.2, 0) is 13.0 Å². The highest BCUT2D eigenvalue weighted by Crippen LogP contribution is 2.21. The topological polar surface area (TPSA) is 37.8 Å². The number of thiophene rings is 1. The first kappa shape index (κ1) is 11.0. The van der Waals surface area contributed by atoms with Gasteiger partial charge in [-0.3, -0.25) is 0 Å². The van der Waals surface area contributed by atoms with Crippen molar-refractivity contribution in [2.75, 3.05) is 6.54 Å². The predicted octanol–water partition coefficient (Wildman–Crippen LogP) is 2.59. The van der Waals surface area contributed by atoms with Crippen molar-refractivity contribution in [2.24, 2.45) is 0 Å². The van der Waals surface area contributed by atoms with Gasteiger partial charge in [-0.1, -0.05) is 16.1 Å². The van der Waals surface area contributed by atoms with Crippen LogP contribution < -0.4 is 5.32 Å². The lowest BCUT2D eigenvalue weighted by Crippen LogP contribution is -2.16. The highest BCUT2D eigenvalue weighted by molar-refractivity contribution is 7.16. The van der Waals surface area contributed by atoms with Crippen molar-refractivity contribution in [1.82, 2.24) is 14.9 Å². The van der Waals surface area contributed by atoms with Crippen LogP contribution in [0.1, 0.15) is 10.6 Å². The highest BCUT2D eigenvalue weighted by Gasteiger charge is 1.98. The fraction of sp³-hybridized carbons (Fsp3) is 0.333. The first-order chi connectivity index (χ1) is 7.34. The quantitative estimate of drug-likeness (QED) is 0.839. The molecule has 15 heavy (non-hydrogen) atoms. The minimum absolute atomic E-state index is 0.787. The first-order valence-electron chi connectivity index (χ1n) is 4.55. The fourth-order valence-electron chi connectivity index (χ4n) is 1.18. The molecule has 80 valence electrons. The Hall–Kier alpha value is -0.490. The maximum absolute atomic E-state index is 5.84. The molecule has 0 aromatic carbocycles. The standard InChI is InChI=1S/C9H10ClN3S2/c10-9-2-1-8(15-9)3-4-11-5-7-6-14-13-12-7/h1-2,6,11H,3-5H2. The average Bonchev–Trinajstić information content (AvgIpc) is 2.84. The number of aromatic nitrogens is 2. The molecule has 0 unspecified atom stereocenters. The molecule has 1 N–H and O–H groups in total. The minimum Gasteiger partial charge on any atom is -0.311 e. The van der Waals surface area contributed by atoms with E-state index in [1.165, 1.54) is 16.4 Å². The Bertz CT molecular complexity index is 399. The zero-order valence-electron chi connectivity index (χ0n) is 7.94. The van der Waals surface area contributed by atoms with Crippen molar-refractivity contribution >= 4 is 34.5 Å². The van der Waals surface area contributed by atoms with E-state index < -0.39 is 0 Å². The van der Waals surface area contributed by atoms with Crippen LogP contribution in [0.15, 0.2) is 17.5 Å². The summed E-state index contributed by atoms with van der Waals surface area (Å²) in [6, 6.07) is 4.00. The van der Waals surface area contributed by atoms with Crippen molar-refractivity contribution in [1.29, 1.82) is 0 Å². The Labute approximate surface area is 101 Å². The molecule has 2 rings (SSSR count). The summed E-state index contributed by atoms with van der Waals surface area (Å²) in [7, 11) is 0. The van der Waals surface area contributed by atoms with Crippen LogP contribution in [0.4, 0.5) is 0 Å². The van der Waals surface area contributed by atoms with Crippen molar-refractivity contribution in [3.63, 3.8) is 0 Å². The molecule has 2 aromatic heterocycles. The molecule has 0 saturated carbocycles. The SMILES string of the molecule is Clc1ccc(CCNCc2csnn2)s1. The van der Waals surface area contributed by atoms with E-state index in [0.717, 1.165) is 29.5 Å². The number of hydrogen-bond donors (Lipinski definition) is 1. The lowest BCUT2D eigenvalue weighted by molar-refractivity contribution is 0.676. The van der Waals surface area contributed by atoms with E-state index in [1.54, 1.807) is 11.3 Å². The predicted molar refractivity (Wildman–Crippen MR) is 64.6 cm³/mol. The van der Waals surface area contributed by atoms with Gasteiger partial charge in [-0.15, -0.1) is 16.4 Å². The van der Waals surface area contributed by atoms with Crippen LogP contribution in [0.25, 0.3) is 0 Å². The van der Waals surface area contributed by atoms with Crippen molar-refractivity contribution in [2.45, 2.75) is 13.0 Å². The van der Waals surface area contributed by atoms with Crippen LogP contribution in [0.2, 0.25) is 4.34 Å². The number of halogens is 1. The van der Waals surface area contributed by atoms with Crippen molar-refractivity contribution in [3.05, 3.63) is 32.4 Å². The summed E-state index contributed by atoms with van der Waals surface area (Å²) in [5, 5.41) is 9.22. The van der Waals surface area contributed by atoms with E-state index >= 15 is 0 Å². The third kappa shape index (κ3) is 3.53. The molecule has 0 fully saturated rings. The zero-order chi connectivity index (χ0) is 10.5. The van der Waals surface area contributed by atoms with Gasteiger partial charge in [0.25, 0.3) is 0 Å². The summed E-state index contributed by atoms with van der Waals surface area (Å²) in [6.07, 6.45) is 1.01. The van der Waals surface area contributed by atoms with Gasteiger partial charge in [-0.2, -0.15) is 0 Å². The van der Waals surface area contributed by atoms with Crippen LogP contribution in [0.5, 0.6) is 0 Å².